The summed E-state index contributed by atoms with van der Waals surface area (Å²) < 4.78 is 18.7. The average Bonchev–Trinajstić information content (AvgIpc) is 2.20. The Morgan fingerprint density at radius 2 is 2.07 bits per heavy atom. The summed E-state index contributed by atoms with van der Waals surface area (Å²) in [5.41, 5.74) is 6.47. The molecular formula is C12H18FNO. The summed E-state index contributed by atoms with van der Waals surface area (Å²) in [7, 11) is 0. The van der Waals surface area contributed by atoms with Gasteiger partial charge < -0.3 is 10.5 Å². The maximum Gasteiger partial charge on any atom is 0.124 e. The molecule has 2 nitrogen and oxygen atoms in total. The van der Waals surface area contributed by atoms with Crippen LogP contribution in [0, 0.1) is 5.82 Å². The van der Waals surface area contributed by atoms with Crippen molar-refractivity contribution in [3.8, 4) is 5.75 Å². The summed E-state index contributed by atoms with van der Waals surface area (Å²) in [6, 6.07) is 4.24. The molecule has 0 aliphatic rings. The molecule has 3 heteroatoms. The molecule has 0 fully saturated rings. The molecule has 84 valence electrons. The first kappa shape index (κ1) is 12.0. The first-order chi connectivity index (χ1) is 7.04. The molecule has 0 radical (unpaired) electrons. The van der Waals surface area contributed by atoms with Crippen LogP contribution in [0.2, 0.25) is 0 Å². The Kier molecular flexibility index (Phi) is 4.09. The van der Waals surface area contributed by atoms with Crippen molar-refractivity contribution in [3.63, 3.8) is 0 Å². The van der Waals surface area contributed by atoms with Crippen molar-refractivity contribution in [1.82, 2.24) is 0 Å². The smallest absolute Gasteiger partial charge is 0.124 e. The summed E-state index contributed by atoms with van der Waals surface area (Å²) in [5, 5.41) is 0. The molecule has 0 saturated carbocycles. The minimum atomic E-state index is -0.279. The third kappa shape index (κ3) is 3.20. The summed E-state index contributed by atoms with van der Waals surface area (Å²) >= 11 is 0. The van der Waals surface area contributed by atoms with Crippen LogP contribution >= 0.6 is 0 Å². The molecule has 0 aliphatic carbocycles. The molecule has 0 spiro atoms. The van der Waals surface area contributed by atoms with E-state index in [9.17, 15) is 4.39 Å². The van der Waals surface area contributed by atoms with Gasteiger partial charge in [0, 0.05) is 11.6 Å². The second-order valence-corrected chi connectivity index (χ2v) is 3.81. The number of halogens is 1. The maximum atomic E-state index is 13.0. The van der Waals surface area contributed by atoms with E-state index in [0.717, 1.165) is 12.0 Å². The van der Waals surface area contributed by atoms with Gasteiger partial charge in [-0.05, 0) is 38.5 Å². The molecule has 0 amide bonds. The number of hydrogen-bond acceptors (Lipinski definition) is 2. The van der Waals surface area contributed by atoms with Crippen LogP contribution in [0.5, 0.6) is 5.75 Å². The molecule has 1 unspecified atom stereocenters. The molecule has 0 saturated heterocycles. The monoisotopic (exact) mass is 211 g/mol. The second-order valence-electron chi connectivity index (χ2n) is 3.81. The number of nitrogens with two attached hydrogens (primary N) is 1. The molecule has 2 atom stereocenters. The number of hydrogen-bond donors (Lipinski definition) is 1. The van der Waals surface area contributed by atoms with Gasteiger partial charge in [0.15, 0.2) is 0 Å². The van der Waals surface area contributed by atoms with Crippen LogP contribution in [0.4, 0.5) is 4.39 Å². The zero-order chi connectivity index (χ0) is 11.4. The van der Waals surface area contributed by atoms with Crippen LogP contribution in [0.3, 0.4) is 0 Å². The quantitative estimate of drug-likeness (QED) is 0.830. The first-order valence-electron chi connectivity index (χ1n) is 5.26. The van der Waals surface area contributed by atoms with E-state index in [0.29, 0.717) is 5.75 Å². The SMILES string of the molecule is CCC(C)Oc1ccc(F)cc1[C@@H](C)N. The highest BCUT2D eigenvalue weighted by molar-refractivity contribution is 5.36. The summed E-state index contributed by atoms with van der Waals surface area (Å²) in [6.07, 6.45) is 1.03. The fourth-order valence-corrected chi connectivity index (χ4v) is 1.28. The normalized spacial score (nSPS) is 14.7. The topological polar surface area (TPSA) is 35.2 Å². The van der Waals surface area contributed by atoms with Gasteiger partial charge >= 0.3 is 0 Å². The molecule has 1 aromatic rings. The minimum Gasteiger partial charge on any atom is -0.490 e. The van der Waals surface area contributed by atoms with Crippen molar-refractivity contribution in [2.45, 2.75) is 39.3 Å². The van der Waals surface area contributed by atoms with Crippen molar-refractivity contribution in [2.24, 2.45) is 5.73 Å². The Balaban J connectivity index is 2.95. The molecule has 1 rings (SSSR count). The first-order valence-corrected chi connectivity index (χ1v) is 5.26. The average molecular weight is 211 g/mol. The van der Waals surface area contributed by atoms with Crippen LogP contribution in [-0.4, -0.2) is 6.10 Å². The van der Waals surface area contributed by atoms with Crippen LogP contribution in [-0.2, 0) is 0 Å². The van der Waals surface area contributed by atoms with Gasteiger partial charge in [-0.1, -0.05) is 6.92 Å². The lowest BCUT2D eigenvalue weighted by Gasteiger charge is -2.17. The molecule has 15 heavy (non-hydrogen) atoms. The number of ether oxygens (including phenoxy) is 1. The Bertz CT molecular complexity index is 325. The highest BCUT2D eigenvalue weighted by atomic mass is 19.1. The lowest BCUT2D eigenvalue weighted by atomic mass is 10.1. The van der Waals surface area contributed by atoms with E-state index >= 15 is 0 Å². The van der Waals surface area contributed by atoms with Gasteiger partial charge in [0.25, 0.3) is 0 Å². The fourth-order valence-electron chi connectivity index (χ4n) is 1.28. The molecule has 0 heterocycles. The molecular weight excluding hydrogens is 193 g/mol. The van der Waals surface area contributed by atoms with Crippen LogP contribution in [0.1, 0.15) is 38.8 Å². The predicted molar refractivity (Wildman–Crippen MR) is 59.4 cm³/mol. The van der Waals surface area contributed by atoms with E-state index in [1.807, 2.05) is 20.8 Å². The minimum absolute atomic E-state index is 0.118. The van der Waals surface area contributed by atoms with Gasteiger partial charge in [0.2, 0.25) is 0 Å². The Morgan fingerprint density at radius 1 is 1.40 bits per heavy atom. The highest BCUT2D eigenvalue weighted by Gasteiger charge is 2.11. The number of rotatable bonds is 4. The van der Waals surface area contributed by atoms with Gasteiger partial charge in [-0.3, -0.25) is 0 Å². The third-order valence-corrected chi connectivity index (χ3v) is 2.37. The van der Waals surface area contributed by atoms with E-state index in [1.165, 1.54) is 12.1 Å². The molecule has 1 aromatic carbocycles. The lowest BCUT2D eigenvalue weighted by molar-refractivity contribution is 0.214. The van der Waals surface area contributed by atoms with Gasteiger partial charge in [0.1, 0.15) is 11.6 Å². The Labute approximate surface area is 90.2 Å². The predicted octanol–water partition coefficient (Wildman–Crippen LogP) is 3.02. The summed E-state index contributed by atoms with van der Waals surface area (Å²) in [4.78, 5) is 0. The molecule has 0 aromatic heterocycles. The van der Waals surface area contributed by atoms with Crippen molar-refractivity contribution in [3.05, 3.63) is 29.6 Å². The Morgan fingerprint density at radius 3 is 2.60 bits per heavy atom. The van der Waals surface area contributed by atoms with Gasteiger partial charge in [-0.2, -0.15) is 0 Å². The van der Waals surface area contributed by atoms with E-state index in [2.05, 4.69) is 0 Å². The molecule has 2 N–H and O–H groups in total. The van der Waals surface area contributed by atoms with Gasteiger partial charge in [-0.25, -0.2) is 4.39 Å². The lowest BCUT2D eigenvalue weighted by Crippen LogP contribution is -2.14. The standard InChI is InChI=1S/C12H18FNO/c1-4-8(2)15-12-6-5-10(13)7-11(12)9(3)14/h5-9H,4,14H2,1-3H3/t8?,9-/m1/s1. The van der Waals surface area contributed by atoms with Crippen LogP contribution in [0.15, 0.2) is 18.2 Å². The van der Waals surface area contributed by atoms with E-state index < -0.39 is 0 Å². The van der Waals surface area contributed by atoms with Crippen LogP contribution in [0.25, 0.3) is 0 Å². The maximum absolute atomic E-state index is 13.0. The van der Waals surface area contributed by atoms with Gasteiger partial charge in [-0.15, -0.1) is 0 Å². The molecule has 0 bridgehead atoms. The zero-order valence-corrected chi connectivity index (χ0v) is 9.46. The van der Waals surface area contributed by atoms with Crippen molar-refractivity contribution in [2.75, 3.05) is 0 Å². The van der Waals surface area contributed by atoms with E-state index in [1.54, 1.807) is 6.07 Å². The van der Waals surface area contributed by atoms with Gasteiger partial charge in [0.05, 0.1) is 6.10 Å². The molecule has 0 aliphatic heterocycles. The highest BCUT2D eigenvalue weighted by Crippen LogP contribution is 2.25. The fraction of sp³-hybridized carbons (Fsp3) is 0.500. The summed E-state index contributed by atoms with van der Waals surface area (Å²) in [6.45, 7) is 5.84. The second kappa shape index (κ2) is 5.12. The van der Waals surface area contributed by atoms with Crippen molar-refractivity contribution in [1.29, 1.82) is 0 Å². The van der Waals surface area contributed by atoms with Crippen LogP contribution < -0.4 is 10.5 Å². The largest absolute Gasteiger partial charge is 0.490 e. The summed E-state index contributed by atoms with van der Waals surface area (Å²) in [5.74, 6) is 0.402. The van der Waals surface area contributed by atoms with E-state index in [-0.39, 0.29) is 18.0 Å². The zero-order valence-electron chi connectivity index (χ0n) is 9.46. The van der Waals surface area contributed by atoms with Crippen molar-refractivity contribution >= 4 is 0 Å². The van der Waals surface area contributed by atoms with Crippen molar-refractivity contribution < 1.29 is 9.13 Å². The third-order valence-electron chi connectivity index (χ3n) is 2.37. The Hall–Kier alpha value is -1.09. The number of benzene rings is 1. The van der Waals surface area contributed by atoms with E-state index in [4.69, 9.17) is 10.5 Å².